The summed E-state index contributed by atoms with van der Waals surface area (Å²) in [6.45, 7) is 5.76. The van der Waals surface area contributed by atoms with Crippen LogP contribution >= 0.6 is 0 Å². The molecule has 1 atom stereocenters. The highest BCUT2D eigenvalue weighted by Crippen LogP contribution is 2.23. The maximum Gasteiger partial charge on any atom is 0.0968 e. The monoisotopic (exact) mass is 265 g/mol. The number of hydrogen-bond acceptors (Lipinski definition) is 2. The van der Waals surface area contributed by atoms with Gasteiger partial charge in [-0.1, -0.05) is 25.7 Å². The van der Waals surface area contributed by atoms with Gasteiger partial charge in [-0.15, -0.1) is 0 Å². The predicted molar refractivity (Wildman–Crippen MR) is 82.6 cm³/mol. The van der Waals surface area contributed by atoms with E-state index in [-0.39, 0.29) is 0 Å². The lowest BCUT2D eigenvalue weighted by molar-refractivity contribution is 0.160. The van der Waals surface area contributed by atoms with Gasteiger partial charge in [-0.2, -0.15) is 0 Å². The zero-order valence-electron chi connectivity index (χ0n) is 12.6. The highest BCUT2D eigenvalue weighted by Gasteiger charge is 2.18. The van der Waals surface area contributed by atoms with Crippen molar-refractivity contribution in [2.24, 2.45) is 16.6 Å². The largest absolute Gasteiger partial charge is 0.387 e. The third-order valence-electron chi connectivity index (χ3n) is 4.86. The van der Waals surface area contributed by atoms with Crippen molar-refractivity contribution in [1.29, 1.82) is 0 Å². The third kappa shape index (κ3) is 4.79. The first kappa shape index (κ1) is 14.8. The van der Waals surface area contributed by atoms with Crippen LogP contribution in [0.3, 0.4) is 0 Å². The average molecular weight is 265 g/mol. The Hall–Kier alpha value is -0.570. The zero-order chi connectivity index (χ0) is 13.5. The fraction of sp³-hybridized carbons (Fsp3) is 0.938. The Balaban J connectivity index is 1.64. The van der Waals surface area contributed by atoms with Crippen molar-refractivity contribution >= 4 is 5.84 Å². The van der Waals surface area contributed by atoms with Crippen LogP contribution in [-0.2, 0) is 0 Å². The van der Waals surface area contributed by atoms with Crippen LogP contribution in [0.5, 0.6) is 0 Å². The van der Waals surface area contributed by atoms with Crippen molar-refractivity contribution in [1.82, 2.24) is 4.90 Å². The molecule has 19 heavy (non-hydrogen) atoms. The summed E-state index contributed by atoms with van der Waals surface area (Å²) in [6.07, 6.45) is 11.9. The Kier molecular flexibility index (Phi) is 6.15. The van der Waals surface area contributed by atoms with Gasteiger partial charge in [-0.3, -0.25) is 4.99 Å². The molecule has 0 aromatic carbocycles. The Morgan fingerprint density at radius 3 is 2.58 bits per heavy atom. The molecule has 0 spiro atoms. The molecule has 1 saturated carbocycles. The van der Waals surface area contributed by atoms with Crippen molar-refractivity contribution < 1.29 is 0 Å². The maximum atomic E-state index is 6.13. The first-order chi connectivity index (χ1) is 9.27. The molecule has 2 rings (SSSR count). The minimum Gasteiger partial charge on any atom is -0.387 e. The molecule has 1 aliphatic heterocycles. The van der Waals surface area contributed by atoms with Gasteiger partial charge in [0.2, 0.25) is 0 Å². The van der Waals surface area contributed by atoms with Crippen LogP contribution in [0.4, 0.5) is 0 Å². The molecule has 1 unspecified atom stereocenters. The minimum atomic E-state index is 0.586. The molecule has 0 aromatic rings. The van der Waals surface area contributed by atoms with E-state index in [2.05, 4.69) is 16.8 Å². The van der Waals surface area contributed by atoms with Crippen LogP contribution in [0.1, 0.15) is 64.7 Å². The number of hydrogen-bond donors (Lipinski definition) is 1. The van der Waals surface area contributed by atoms with Crippen LogP contribution < -0.4 is 5.73 Å². The summed E-state index contributed by atoms with van der Waals surface area (Å²) in [7, 11) is 0. The van der Waals surface area contributed by atoms with E-state index in [1.807, 2.05) is 0 Å². The second-order valence-electron chi connectivity index (χ2n) is 6.38. The molecule has 0 bridgehead atoms. The first-order valence-electron chi connectivity index (χ1n) is 8.31. The minimum absolute atomic E-state index is 0.586. The van der Waals surface area contributed by atoms with Gasteiger partial charge in [-0.05, 0) is 45.6 Å². The topological polar surface area (TPSA) is 41.6 Å². The van der Waals surface area contributed by atoms with Crippen molar-refractivity contribution in [2.75, 3.05) is 19.6 Å². The Bertz CT molecular complexity index is 282. The fourth-order valence-corrected chi connectivity index (χ4v) is 3.50. The number of rotatable bonds is 5. The standard InChI is InChI=1S/C16H31N3/c1-14-8-5-6-12-19(14)13-7-11-18-16(17)15-9-3-2-4-10-15/h14-15H,2-13H2,1H3,(H2,17,18). The van der Waals surface area contributed by atoms with E-state index < -0.39 is 0 Å². The normalized spacial score (nSPS) is 27.6. The molecule has 0 aromatic heterocycles. The van der Waals surface area contributed by atoms with E-state index >= 15 is 0 Å². The van der Waals surface area contributed by atoms with Crippen LogP contribution in [0.25, 0.3) is 0 Å². The lowest BCUT2D eigenvalue weighted by Gasteiger charge is -2.33. The number of piperidine rings is 1. The van der Waals surface area contributed by atoms with Gasteiger partial charge in [0, 0.05) is 25.0 Å². The molecule has 2 N–H and O–H groups in total. The Morgan fingerprint density at radius 1 is 1.11 bits per heavy atom. The first-order valence-corrected chi connectivity index (χ1v) is 8.31. The van der Waals surface area contributed by atoms with Crippen molar-refractivity contribution in [3.8, 4) is 0 Å². The fourth-order valence-electron chi connectivity index (χ4n) is 3.50. The summed E-state index contributed by atoms with van der Waals surface area (Å²) < 4.78 is 0. The molecule has 0 radical (unpaired) electrons. The molecule has 3 heteroatoms. The van der Waals surface area contributed by atoms with Gasteiger partial charge in [0.25, 0.3) is 0 Å². The quantitative estimate of drug-likeness (QED) is 0.471. The number of amidine groups is 1. The summed E-state index contributed by atoms with van der Waals surface area (Å²) in [5, 5.41) is 0. The molecule has 1 saturated heterocycles. The van der Waals surface area contributed by atoms with Gasteiger partial charge >= 0.3 is 0 Å². The van der Waals surface area contributed by atoms with E-state index in [4.69, 9.17) is 5.73 Å². The number of aliphatic imine (C=N–C) groups is 1. The second kappa shape index (κ2) is 7.88. The predicted octanol–water partition coefficient (Wildman–Crippen LogP) is 3.19. The molecule has 110 valence electrons. The van der Waals surface area contributed by atoms with Crippen LogP contribution in [0.15, 0.2) is 4.99 Å². The van der Waals surface area contributed by atoms with E-state index in [0.717, 1.165) is 24.8 Å². The molecule has 3 nitrogen and oxygen atoms in total. The smallest absolute Gasteiger partial charge is 0.0968 e. The highest BCUT2D eigenvalue weighted by molar-refractivity contribution is 5.82. The second-order valence-corrected chi connectivity index (χ2v) is 6.38. The average Bonchev–Trinajstić information content (AvgIpc) is 2.46. The number of nitrogens with two attached hydrogens (primary N) is 1. The molecular weight excluding hydrogens is 234 g/mol. The summed E-state index contributed by atoms with van der Waals surface area (Å²) in [6, 6.07) is 0.772. The van der Waals surface area contributed by atoms with E-state index in [0.29, 0.717) is 5.92 Å². The molecule has 1 aliphatic carbocycles. The van der Waals surface area contributed by atoms with Gasteiger partial charge in [0.1, 0.15) is 0 Å². The lowest BCUT2D eigenvalue weighted by Crippen LogP contribution is -2.38. The maximum absolute atomic E-state index is 6.13. The van der Waals surface area contributed by atoms with Crippen LogP contribution in [0.2, 0.25) is 0 Å². The summed E-state index contributed by atoms with van der Waals surface area (Å²) in [4.78, 5) is 7.25. The number of likely N-dealkylation sites (tertiary alicyclic amines) is 1. The van der Waals surface area contributed by atoms with E-state index in [1.165, 1.54) is 64.5 Å². The highest BCUT2D eigenvalue weighted by atomic mass is 15.2. The molecule has 2 aliphatic rings. The molecule has 0 amide bonds. The molecular formula is C16H31N3. The van der Waals surface area contributed by atoms with Crippen molar-refractivity contribution in [3.05, 3.63) is 0 Å². The summed E-state index contributed by atoms with van der Waals surface area (Å²) >= 11 is 0. The summed E-state index contributed by atoms with van der Waals surface area (Å²) in [5.41, 5.74) is 6.13. The van der Waals surface area contributed by atoms with E-state index in [1.54, 1.807) is 0 Å². The number of nitrogens with zero attached hydrogens (tertiary/aromatic N) is 2. The van der Waals surface area contributed by atoms with Gasteiger partial charge in [-0.25, -0.2) is 0 Å². The van der Waals surface area contributed by atoms with Crippen LogP contribution in [0, 0.1) is 5.92 Å². The molecule has 1 heterocycles. The van der Waals surface area contributed by atoms with Gasteiger partial charge < -0.3 is 10.6 Å². The third-order valence-corrected chi connectivity index (χ3v) is 4.86. The zero-order valence-corrected chi connectivity index (χ0v) is 12.6. The Morgan fingerprint density at radius 2 is 1.84 bits per heavy atom. The van der Waals surface area contributed by atoms with E-state index in [9.17, 15) is 0 Å². The van der Waals surface area contributed by atoms with Crippen molar-refractivity contribution in [2.45, 2.75) is 70.8 Å². The van der Waals surface area contributed by atoms with Crippen LogP contribution in [-0.4, -0.2) is 36.4 Å². The van der Waals surface area contributed by atoms with Gasteiger partial charge in [0.05, 0.1) is 5.84 Å². The van der Waals surface area contributed by atoms with Gasteiger partial charge in [0.15, 0.2) is 0 Å². The molecule has 2 fully saturated rings. The lowest BCUT2D eigenvalue weighted by atomic mass is 9.88. The van der Waals surface area contributed by atoms with Crippen molar-refractivity contribution in [3.63, 3.8) is 0 Å². The Labute approximate surface area is 118 Å². The summed E-state index contributed by atoms with van der Waals surface area (Å²) in [5.74, 6) is 1.52. The SMILES string of the molecule is CC1CCCCN1CCCN=C(N)C1CCCCC1.